The van der Waals surface area contributed by atoms with E-state index < -0.39 is 0 Å². The van der Waals surface area contributed by atoms with Gasteiger partial charge in [-0.1, -0.05) is 46.0 Å². The van der Waals surface area contributed by atoms with Gasteiger partial charge in [0.1, 0.15) is 0 Å². The van der Waals surface area contributed by atoms with E-state index >= 15 is 0 Å². The van der Waals surface area contributed by atoms with Gasteiger partial charge in [-0.25, -0.2) is 0 Å². The minimum Gasteiger partial charge on any atom is -0.469 e. The fraction of sp³-hybridized carbons (Fsp3) is 0.889. The van der Waals surface area contributed by atoms with Crippen LogP contribution in [-0.2, 0) is 14.3 Å². The molecule has 0 aromatic heterocycles. The second kappa shape index (κ2) is 10.6. The minimum absolute atomic E-state index is 0.204. The van der Waals surface area contributed by atoms with Crippen molar-refractivity contribution in [3.05, 3.63) is 0 Å². The summed E-state index contributed by atoms with van der Waals surface area (Å²) in [4.78, 5) is 25.7. The summed E-state index contributed by atoms with van der Waals surface area (Å²) in [5.74, 6) is 1.25. The Balaban J connectivity index is 2.40. The van der Waals surface area contributed by atoms with Crippen molar-refractivity contribution in [3.63, 3.8) is 0 Å². The lowest BCUT2D eigenvalue weighted by Crippen LogP contribution is -2.34. The van der Waals surface area contributed by atoms with Gasteiger partial charge in [-0.15, -0.1) is 0 Å². The second-order valence-electron chi connectivity index (χ2n) is 6.93. The van der Waals surface area contributed by atoms with E-state index in [1.54, 1.807) is 0 Å². The van der Waals surface area contributed by atoms with Gasteiger partial charge in [0.25, 0.3) is 0 Å². The average Bonchev–Trinajstić information content (AvgIpc) is 2.53. The summed E-state index contributed by atoms with van der Waals surface area (Å²) in [6.07, 6.45) is 9.46. The molecule has 0 atom stereocenters. The molecule has 0 N–H and O–H groups in total. The van der Waals surface area contributed by atoms with Crippen LogP contribution in [0.2, 0.25) is 0 Å². The molecule has 0 saturated heterocycles. The highest BCUT2D eigenvalue weighted by molar-refractivity contribution is 5.77. The largest absolute Gasteiger partial charge is 0.469 e. The monoisotopic (exact) mass is 311 g/mol. The van der Waals surface area contributed by atoms with Crippen LogP contribution in [0.4, 0.5) is 0 Å². The highest BCUT2D eigenvalue weighted by atomic mass is 16.5. The third kappa shape index (κ3) is 7.81. The van der Waals surface area contributed by atoms with Crippen LogP contribution < -0.4 is 0 Å². The van der Waals surface area contributed by atoms with Crippen LogP contribution in [0.25, 0.3) is 0 Å². The lowest BCUT2D eigenvalue weighted by atomic mass is 9.86. The van der Waals surface area contributed by atoms with Gasteiger partial charge in [0.05, 0.1) is 13.5 Å². The van der Waals surface area contributed by atoms with E-state index in [1.807, 2.05) is 4.90 Å². The number of ether oxygens (including phenoxy) is 1. The topological polar surface area (TPSA) is 46.6 Å². The molecule has 128 valence electrons. The molecule has 1 rings (SSSR count). The maximum atomic E-state index is 12.5. The standard InChI is InChI=1S/C18H33NO3/c1-15(2)11-13-19(14-12-18(21)22-3)17(20)10-9-16-7-5-4-6-8-16/h15-16H,4-14H2,1-3H3. The Kier molecular flexibility index (Phi) is 9.17. The van der Waals surface area contributed by atoms with Gasteiger partial charge in [0, 0.05) is 19.5 Å². The Morgan fingerprint density at radius 1 is 1.09 bits per heavy atom. The molecule has 4 heteroatoms. The maximum Gasteiger partial charge on any atom is 0.307 e. The van der Waals surface area contributed by atoms with Crippen molar-refractivity contribution in [1.29, 1.82) is 0 Å². The molecular formula is C18H33NO3. The van der Waals surface area contributed by atoms with Gasteiger partial charge in [0.2, 0.25) is 5.91 Å². The summed E-state index contributed by atoms with van der Waals surface area (Å²) in [5.41, 5.74) is 0. The molecule has 1 aliphatic rings. The summed E-state index contributed by atoms with van der Waals surface area (Å²) in [6, 6.07) is 0. The van der Waals surface area contributed by atoms with Gasteiger partial charge in [-0.05, 0) is 24.7 Å². The number of esters is 1. The summed E-state index contributed by atoms with van der Waals surface area (Å²) in [5, 5.41) is 0. The van der Waals surface area contributed by atoms with E-state index in [9.17, 15) is 9.59 Å². The first kappa shape index (κ1) is 19.0. The third-order valence-electron chi connectivity index (χ3n) is 4.63. The number of methoxy groups -OCH3 is 1. The first-order chi connectivity index (χ1) is 10.5. The van der Waals surface area contributed by atoms with E-state index in [0.717, 1.165) is 25.3 Å². The third-order valence-corrected chi connectivity index (χ3v) is 4.63. The molecule has 0 aromatic carbocycles. The maximum absolute atomic E-state index is 12.5. The Labute approximate surface area is 135 Å². The van der Waals surface area contributed by atoms with Crippen molar-refractivity contribution >= 4 is 11.9 Å². The molecule has 0 spiro atoms. The van der Waals surface area contributed by atoms with E-state index in [2.05, 4.69) is 18.6 Å². The smallest absolute Gasteiger partial charge is 0.307 e. The van der Waals surface area contributed by atoms with Crippen molar-refractivity contribution < 1.29 is 14.3 Å². The highest BCUT2D eigenvalue weighted by Gasteiger charge is 2.19. The minimum atomic E-state index is -0.241. The summed E-state index contributed by atoms with van der Waals surface area (Å²) in [6.45, 7) is 5.55. The quantitative estimate of drug-likeness (QED) is 0.609. The van der Waals surface area contributed by atoms with Gasteiger partial charge in [-0.3, -0.25) is 9.59 Å². The van der Waals surface area contributed by atoms with Crippen LogP contribution >= 0.6 is 0 Å². The summed E-state index contributed by atoms with van der Waals surface area (Å²) in [7, 11) is 1.39. The van der Waals surface area contributed by atoms with Crippen LogP contribution in [0.1, 0.15) is 71.6 Å². The molecule has 0 unspecified atom stereocenters. The Morgan fingerprint density at radius 3 is 2.36 bits per heavy atom. The predicted molar refractivity (Wildman–Crippen MR) is 88.5 cm³/mol. The SMILES string of the molecule is COC(=O)CCN(CCC(C)C)C(=O)CCC1CCCCC1. The molecule has 1 aliphatic carbocycles. The second-order valence-corrected chi connectivity index (χ2v) is 6.93. The van der Waals surface area contributed by atoms with E-state index in [1.165, 1.54) is 39.2 Å². The number of carbonyl (C=O) groups is 2. The van der Waals surface area contributed by atoms with Crippen LogP contribution in [0, 0.1) is 11.8 Å². The number of nitrogens with zero attached hydrogens (tertiary/aromatic N) is 1. The zero-order valence-corrected chi connectivity index (χ0v) is 14.6. The van der Waals surface area contributed by atoms with Gasteiger partial charge < -0.3 is 9.64 Å². The fourth-order valence-electron chi connectivity index (χ4n) is 3.07. The van der Waals surface area contributed by atoms with Crippen molar-refractivity contribution in [2.45, 2.75) is 71.6 Å². The van der Waals surface area contributed by atoms with Crippen molar-refractivity contribution in [3.8, 4) is 0 Å². The average molecular weight is 311 g/mol. The molecule has 1 fully saturated rings. The van der Waals surface area contributed by atoms with E-state index in [-0.39, 0.29) is 11.9 Å². The number of hydrogen-bond donors (Lipinski definition) is 0. The number of amides is 1. The summed E-state index contributed by atoms with van der Waals surface area (Å²) >= 11 is 0. The van der Waals surface area contributed by atoms with Gasteiger partial charge >= 0.3 is 5.97 Å². The molecule has 1 saturated carbocycles. The molecule has 0 aliphatic heterocycles. The van der Waals surface area contributed by atoms with Gasteiger partial charge in [-0.2, -0.15) is 0 Å². The number of rotatable bonds is 9. The lowest BCUT2D eigenvalue weighted by Gasteiger charge is -2.25. The molecule has 4 nitrogen and oxygen atoms in total. The normalized spacial score (nSPS) is 15.8. The Hall–Kier alpha value is -1.06. The molecule has 0 aromatic rings. The van der Waals surface area contributed by atoms with Crippen molar-refractivity contribution in [2.75, 3.05) is 20.2 Å². The summed E-state index contributed by atoms with van der Waals surface area (Å²) < 4.78 is 4.68. The first-order valence-electron chi connectivity index (χ1n) is 8.87. The zero-order chi connectivity index (χ0) is 16.4. The van der Waals surface area contributed by atoms with Gasteiger partial charge in [0.15, 0.2) is 0 Å². The molecule has 0 radical (unpaired) electrons. The van der Waals surface area contributed by atoms with Crippen LogP contribution in [0.5, 0.6) is 0 Å². The number of hydrogen-bond acceptors (Lipinski definition) is 3. The Morgan fingerprint density at radius 2 is 1.77 bits per heavy atom. The Bertz CT molecular complexity index is 335. The van der Waals surface area contributed by atoms with E-state index in [0.29, 0.717) is 25.3 Å². The first-order valence-corrected chi connectivity index (χ1v) is 8.87. The molecule has 22 heavy (non-hydrogen) atoms. The van der Waals surface area contributed by atoms with Crippen molar-refractivity contribution in [2.24, 2.45) is 11.8 Å². The molecule has 0 bridgehead atoms. The zero-order valence-electron chi connectivity index (χ0n) is 14.6. The van der Waals surface area contributed by atoms with Crippen LogP contribution in [-0.4, -0.2) is 37.0 Å². The fourth-order valence-corrected chi connectivity index (χ4v) is 3.07. The molecule has 0 heterocycles. The highest BCUT2D eigenvalue weighted by Crippen LogP contribution is 2.27. The van der Waals surface area contributed by atoms with Crippen LogP contribution in [0.3, 0.4) is 0 Å². The van der Waals surface area contributed by atoms with Crippen molar-refractivity contribution in [1.82, 2.24) is 4.90 Å². The van der Waals surface area contributed by atoms with E-state index in [4.69, 9.17) is 0 Å². The number of carbonyl (C=O) groups excluding carboxylic acids is 2. The molecular weight excluding hydrogens is 278 g/mol. The predicted octanol–water partition coefficient (Wildman–Crippen LogP) is 3.78. The van der Waals surface area contributed by atoms with Crippen LogP contribution in [0.15, 0.2) is 0 Å². The lowest BCUT2D eigenvalue weighted by molar-refractivity contribution is -0.141. The molecule has 1 amide bonds.